The minimum absolute atomic E-state index is 0.0789. The first-order valence-corrected chi connectivity index (χ1v) is 11.8. The lowest BCUT2D eigenvalue weighted by atomic mass is 9.47. The van der Waals surface area contributed by atoms with Crippen molar-refractivity contribution in [2.24, 2.45) is 16.8 Å². The number of aliphatic imine (C=N–C) groups is 1. The number of aliphatic hydroxyl groups is 1. The number of imide groups is 1. The summed E-state index contributed by atoms with van der Waals surface area (Å²) in [4.78, 5) is 33.9. The number of hydrogen-bond acceptors (Lipinski definition) is 4. The third kappa shape index (κ3) is 2.65. The molecular weight excluding hydrogens is 480 g/mol. The van der Waals surface area contributed by atoms with Crippen molar-refractivity contribution in [2.75, 3.05) is 18.1 Å². The Balaban J connectivity index is 1.63. The molecule has 6 heteroatoms. The van der Waals surface area contributed by atoms with Gasteiger partial charge >= 0.3 is 0 Å². The van der Waals surface area contributed by atoms with E-state index in [0.717, 1.165) is 26.7 Å². The van der Waals surface area contributed by atoms with E-state index in [4.69, 9.17) is 0 Å². The zero-order valence-corrected chi connectivity index (χ0v) is 19.3. The summed E-state index contributed by atoms with van der Waals surface area (Å²) in [7, 11) is 0. The Kier molecular flexibility index (Phi) is 4.64. The van der Waals surface area contributed by atoms with E-state index in [1.54, 1.807) is 12.1 Å². The van der Waals surface area contributed by atoms with Crippen molar-refractivity contribution in [3.05, 3.63) is 99.5 Å². The molecule has 1 N–H and O–H groups in total. The van der Waals surface area contributed by atoms with Gasteiger partial charge in [-0.25, -0.2) is 4.90 Å². The highest BCUT2D eigenvalue weighted by molar-refractivity contribution is 9.10. The van der Waals surface area contributed by atoms with Gasteiger partial charge < -0.3 is 5.11 Å². The first-order chi connectivity index (χ1) is 16.1. The molecule has 1 aliphatic heterocycles. The van der Waals surface area contributed by atoms with E-state index in [2.05, 4.69) is 45.2 Å². The van der Waals surface area contributed by atoms with Crippen LogP contribution in [-0.4, -0.2) is 36.3 Å². The topological polar surface area (TPSA) is 70.0 Å². The second-order valence-corrected chi connectivity index (χ2v) is 9.69. The molecule has 0 spiro atoms. The molecule has 2 amide bonds. The van der Waals surface area contributed by atoms with E-state index >= 15 is 0 Å². The zero-order valence-electron chi connectivity index (χ0n) is 17.7. The van der Waals surface area contributed by atoms with Gasteiger partial charge in [-0.15, -0.1) is 0 Å². The van der Waals surface area contributed by atoms with Crippen LogP contribution in [0.2, 0.25) is 0 Å². The van der Waals surface area contributed by atoms with Crippen LogP contribution in [0.4, 0.5) is 5.69 Å². The maximum atomic E-state index is 14.1. The Bertz CT molecular complexity index is 1270. The number of nitrogens with zero attached hydrogens (tertiary/aromatic N) is 2. The Labute approximate surface area is 199 Å². The Morgan fingerprint density at radius 2 is 1.52 bits per heavy atom. The summed E-state index contributed by atoms with van der Waals surface area (Å²) < 4.78 is 0.884. The van der Waals surface area contributed by atoms with E-state index in [9.17, 15) is 14.7 Å². The lowest BCUT2D eigenvalue weighted by Crippen LogP contribution is -2.54. The van der Waals surface area contributed by atoms with Gasteiger partial charge in [0.1, 0.15) is 0 Å². The lowest BCUT2D eigenvalue weighted by Gasteiger charge is -2.52. The molecule has 3 aliphatic carbocycles. The summed E-state index contributed by atoms with van der Waals surface area (Å²) in [5.74, 6) is -1.65. The van der Waals surface area contributed by atoms with Gasteiger partial charge in [0.05, 0.1) is 36.1 Å². The summed E-state index contributed by atoms with van der Waals surface area (Å²) >= 11 is 3.43. The summed E-state index contributed by atoms with van der Waals surface area (Å²) in [6.45, 7) is 0.163. The van der Waals surface area contributed by atoms with Crippen LogP contribution in [0, 0.1) is 11.8 Å². The zero-order chi connectivity index (χ0) is 22.7. The van der Waals surface area contributed by atoms with Gasteiger partial charge in [0.2, 0.25) is 11.8 Å². The van der Waals surface area contributed by atoms with Crippen LogP contribution in [-0.2, 0) is 15.0 Å². The number of aliphatic hydroxyl groups excluding tert-OH is 1. The van der Waals surface area contributed by atoms with E-state index in [1.165, 1.54) is 4.90 Å². The summed E-state index contributed by atoms with van der Waals surface area (Å²) in [5.41, 5.74) is 3.92. The van der Waals surface area contributed by atoms with E-state index in [0.29, 0.717) is 5.69 Å². The fraction of sp³-hybridized carbons (Fsp3) is 0.222. The summed E-state index contributed by atoms with van der Waals surface area (Å²) in [6, 6.07) is 23.5. The Morgan fingerprint density at radius 3 is 2.12 bits per heavy atom. The standard InChI is InChI=1S/C27H21BrN2O3/c28-16-9-11-17(12-10-16)30-25(32)23-22-18-5-1-3-7-20(18)27(15-29-13-14-31,24(23)26(30)33)21-8-4-2-6-19(21)22/h1-12,15,22-24,31H,13-14H2. The van der Waals surface area contributed by atoms with Gasteiger partial charge in [-0.1, -0.05) is 64.5 Å². The van der Waals surface area contributed by atoms with Gasteiger partial charge in [-0.05, 0) is 46.5 Å². The first kappa shape index (κ1) is 20.5. The van der Waals surface area contributed by atoms with Crippen LogP contribution in [0.15, 0.2) is 82.3 Å². The average molecular weight is 501 g/mol. The monoisotopic (exact) mass is 500 g/mol. The smallest absolute Gasteiger partial charge is 0.239 e. The fourth-order valence-electron chi connectivity index (χ4n) is 6.16. The van der Waals surface area contributed by atoms with Crippen molar-refractivity contribution in [1.29, 1.82) is 0 Å². The van der Waals surface area contributed by atoms with Crippen LogP contribution in [0.3, 0.4) is 0 Å². The predicted molar refractivity (Wildman–Crippen MR) is 130 cm³/mol. The molecule has 4 aliphatic rings. The molecular formula is C27H21BrN2O3. The van der Waals surface area contributed by atoms with Gasteiger partial charge in [0.15, 0.2) is 0 Å². The molecule has 1 saturated heterocycles. The number of carbonyl (C=O) groups excluding carboxylic acids is 2. The number of halogens is 1. The molecule has 3 aromatic rings. The van der Waals surface area contributed by atoms with Crippen LogP contribution in [0.25, 0.3) is 0 Å². The number of rotatable bonds is 4. The van der Waals surface area contributed by atoms with Crippen LogP contribution >= 0.6 is 15.9 Å². The molecule has 2 bridgehead atoms. The molecule has 5 nitrogen and oxygen atoms in total. The average Bonchev–Trinajstić information content (AvgIpc) is 3.11. The van der Waals surface area contributed by atoms with E-state index in [-0.39, 0.29) is 30.9 Å². The minimum Gasteiger partial charge on any atom is -0.394 e. The predicted octanol–water partition coefficient (Wildman–Crippen LogP) is 4.06. The molecule has 7 rings (SSSR count). The van der Waals surface area contributed by atoms with E-state index in [1.807, 2.05) is 42.6 Å². The van der Waals surface area contributed by atoms with E-state index < -0.39 is 17.3 Å². The highest BCUT2D eigenvalue weighted by atomic mass is 79.9. The molecule has 3 aromatic carbocycles. The number of anilines is 1. The van der Waals surface area contributed by atoms with Crippen molar-refractivity contribution in [3.63, 3.8) is 0 Å². The van der Waals surface area contributed by atoms with Crippen molar-refractivity contribution >= 4 is 39.6 Å². The second kappa shape index (κ2) is 7.47. The highest BCUT2D eigenvalue weighted by Crippen LogP contribution is 2.63. The SMILES string of the molecule is O=C1C2C3c4ccccc4C(C=NCCO)(c4ccccc43)C2C(=O)N1c1ccc(Br)cc1. The number of benzene rings is 3. The van der Waals surface area contributed by atoms with Crippen LogP contribution in [0.5, 0.6) is 0 Å². The molecule has 1 fully saturated rings. The molecule has 2 unspecified atom stereocenters. The van der Waals surface area contributed by atoms with Crippen molar-refractivity contribution in [1.82, 2.24) is 0 Å². The normalized spacial score (nSPS) is 27.1. The maximum Gasteiger partial charge on any atom is 0.239 e. The molecule has 0 radical (unpaired) electrons. The Morgan fingerprint density at radius 1 is 0.909 bits per heavy atom. The van der Waals surface area contributed by atoms with Gasteiger partial charge in [-0.2, -0.15) is 0 Å². The molecule has 0 saturated carbocycles. The molecule has 0 aromatic heterocycles. The first-order valence-electron chi connectivity index (χ1n) is 11.0. The fourth-order valence-corrected chi connectivity index (χ4v) is 6.43. The number of carbonyl (C=O) groups is 2. The Hall–Kier alpha value is -3.09. The largest absolute Gasteiger partial charge is 0.394 e. The van der Waals surface area contributed by atoms with Crippen molar-refractivity contribution in [2.45, 2.75) is 11.3 Å². The van der Waals surface area contributed by atoms with Crippen LogP contribution < -0.4 is 4.90 Å². The molecule has 2 atom stereocenters. The quantitative estimate of drug-likeness (QED) is 0.433. The highest BCUT2D eigenvalue weighted by Gasteiger charge is 2.67. The third-order valence-electron chi connectivity index (χ3n) is 7.29. The number of hydrogen-bond donors (Lipinski definition) is 1. The minimum atomic E-state index is -0.862. The second-order valence-electron chi connectivity index (χ2n) is 8.77. The summed E-state index contributed by atoms with van der Waals surface area (Å²) in [5, 5.41) is 9.40. The van der Waals surface area contributed by atoms with Crippen molar-refractivity contribution in [3.8, 4) is 0 Å². The van der Waals surface area contributed by atoms with Gasteiger partial charge in [0, 0.05) is 16.6 Å². The number of amides is 2. The summed E-state index contributed by atoms with van der Waals surface area (Å²) in [6.07, 6.45) is 1.82. The molecule has 1 heterocycles. The maximum absolute atomic E-state index is 14.1. The van der Waals surface area contributed by atoms with Gasteiger partial charge in [0.25, 0.3) is 0 Å². The lowest BCUT2D eigenvalue weighted by molar-refractivity contribution is -0.122. The van der Waals surface area contributed by atoms with Crippen LogP contribution in [0.1, 0.15) is 28.2 Å². The third-order valence-corrected chi connectivity index (χ3v) is 7.82. The molecule has 33 heavy (non-hydrogen) atoms. The molecule has 164 valence electrons. The van der Waals surface area contributed by atoms with Gasteiger partial charge in [-0.3, -0.25) is 14.6 Å². The van der Waals surface area contributed by atoms with Crippen molar-refractivity contribution < 1.29 is 14.7 Å².